The molecule has 0 aromatic carbocycles. The largest absolute Gasteiger partial charge is 0.372 e. The highest BCUT2D eigenvalue weighted by Gasteiger charge is 2.31. The molecule has 5 nitrogen and oxygen atoms in total. The monoisotopic (exact) mass is 288 g/mol. The lowest BCUT2D eigenvalue weighted by atomic mass is 9.99. The van der Waals surface area contributed by atoms with Gasteiger partial charge in [0, 0.05) is 57.3 Å². The van der Waals surface area contributed by atoms with Crippen LogP contribution in [0.1, 0.15) is 30.8 Å². The standard InChI is InChI=1S/C16H24N4O/c1-3-20-15(6-8-18-20)16-13(7-10-21-16)11-17-12-14-5-4-9-19(14)2/h4-6,8-9,13,16-17H,3,7,10-12H2,1-2H3/t13-,16+/m0/s1. The maximum absolute atomic E-state index is 5.96. The van der Waals surface area contributed by atoms with Crippen molar-refractivity contribution in [2.24, 2.45) is 13.0 Å². The normalized spacial score (nSPS) is 22.0. The lowest BCUT2D eigenvalue weighted by Gasteiger charge is -2.20. The molecule has 1 N–H and O–H groups in total. The van der Waals surface area contributed by atoms with E-state index in [2.05, 4.69) is 53.3 Å². The number of hydrogen-bond acceptors (Lipinski definition) is 3. The third kappa shape index (κ3) is 3.04. The number of ether oxygens (including phenoxy) is 1. The molecule has 5 heteroatoms. The fraction of sp³-hybridized carbons (Fsp3) is 0.562. The summed E-state index contributed by atoms with van der Waals surface area (Å²) >= 11 is 0. The average molecular weight is 288 g/mol. The Bertz CT molecular complexity index is 574. The summed E-state index contributed by atoms with van der Waals surface area (Å²) in [7, 11) is 2.08. The third-order valence-electron chi connectivity index (χ3n) is 4.32. The van der Waals surface area contributed by atoms with Gasteiger partial charge in [0.25, 0.3) is 0 Å². The van der Waals surface area contributed by atoms with Gasteiger partial charge in [0.05, 0.1) is 5.69 Å². The van der Waals surface area contributed by atoms with E-state index in [1.807, 2.05) is 10.9 Å². The Morgan fingerprint density at radius 3 is 3.10 bits per heavy atom. The summed E-state index contributed by atoms with van der Waals surface area (Å²) in [6.45, 7) is 5.74. The van der Waals surface area contributed by atoms with Gasteiger partial charge in [0.15, 0.2) is 0 Å². The molecule has 1 saturated heterocycles. The number of aryl methyl sites for hydroxylation is 2. The first-order chi connectivity index (χ1) is 10.3. The minimum atomic E-state index is 0.174. The van der Waals surface area contributed by atoms with Crippen molar-refractivity contribution < 1.29 is 4.74 Å². The Morgan fingerprint density at radius 2 is 2.33 bits per heavy atom. The van der Waals surface area contributed by atoms with E-state index in [1.165, 1.54) is 11.4 Å². The molecule has 0 amide bonds. The van der Waals surface area contributed by atoms with Gasteiger partial charge in [-0.25, -0.2) is 0 Å². The lowest BCUT2D eigenvalue weighted by molar-refractivity contribution is 0.0829. The van der Waals surface area contributed by atoms with E-state index in [-0.39, 0.29) is 6.10 Å². The van der Waals surface area contributed by atoms with Crippen LogP contribution < -0.4 is 5.32 Å². The molecule has 3 rings (SSSR count). The molecular formula is C16H24N4O. The predicted molar refractivity (Wildman–Crippen MR) is 81.8 cm³/mol. The number of aromatic nitrogens is 3. The van der Waals surface area contributed by atoms with Crippen molar-refractivity contribution in [3.8, 4) is 0 Å². The van der Waals surface area contributed by atoms with Crippen molar-refractivity contribution in [3.05, 3.63) is 42.0 Å². The van der Waals surface area contributed by atoms with Crippen LogP contribution in [0.2, 0.25) is 0 Å². The first kappa shape index (κ1) is 14.4. The molecule has 0 spiro atoms. The maximum atomic E-state index is 5.96. The van der Waals surface area contributed by atoms with Crippen molar-refractivity contribution in [3.63, 3.8) is 0 Å². The second kappa shape index (κ2) is 6.45. The zero-order valence-corrected chi connectivity index (χ0v) is 12.8. The Morgan fingerprint density at radius 1 is 1.43 bits per heavy atom. The predicted octanol–water partition coefficient (Wildman–Crippen LogP) is 2.11. The highest BCUT2D eigenvalue weighted by Crippen LogP contribution is 2.33. The Balaban J connectivity index is 1.58. The molecule has 1 aliphatic heterocycles. The highest BCUT2D eigenvalue weighted by atomic mass is 16.5. The zero-order chi connectivity index (χ0) is 14.7. The summed E-state index contributed by atoms with van der Waals surface area (Å²) in [4.78, 5) is 0. The van der Waals surface area contributed by atoms with Crippen LogP contribution >= 0.6 is 0 Å². The minimum absolute atomic E-state index is 0.174. The molecule has 2 aromatic rings. The van der Waals surface area contributed by atoms with Crippen LogP contribution in [0.3, 0.4) is 0 Å². The fourth-order valence-corrected chi connectivity index (χ4v) is 3.08. The van der Waals surface area contributed by atoms with Gasteiger partial charge in [-0.05, 0) is 31.5 Å². The number of nitrogens with one attached hydrogen (secondary N) is 1. The molecular weight excluding hydrogens is 264 g/mol. The fourth-order valence-electron chi connectivity index (χ4n) is 3.08. The summed E-state index contributed by atoms with van der Waals surface area (Å²) < 4.78 is 10.2. The topological polar surface area (TPSA) is 44.0 Å². The van der Waals surface area contributed by atoms with Crippen LogP contribution in [0.5, 0.6) is 0 Å². The summed E-state index contributed by atoms with van der Waals surface area (Å²) in [6.07, 6.45) is 5.24. The smallest absolute Gasteiger partial charge is 0.103 e. The van der Waals surface area contributed by atoms with Crippen molar-refractivity contribution in [2.75, 3.05) is 13.2 Å². The van der Waals surface area contributed by atoms with E-state index in [1.54, 1.807) is 0 Å². The number of hydrogen-bond donors (Lipinski definition) is 1. The summed E-state index contributed by atoms with van der Waals surface area (Å²) in [5, 5.41) is 7.93. The second-order valence-electron chi connectivity index (χ2n) is 5.65. The SMILES string of the molecule is CCn1nccc1[C@@H]1OCC[C@H]1CNCc1cccn1C. The summed E-state index contributed by atoms with van der Waals surface area (Å²) in [5.41, 5.74) is 2.52. The molecule has 0 saturated carbocycles. The molecule has 0 unspecified atom stereocenters. The quantitative estimate of drug-likeness (QED) is 0.885. The molecule has 1 aliphatic rings. The van der Waals surface area contributed by atoms with Crippen LogP contribution in [0.15, 0.2) is 30.6 Å². The van der Waals surface area contributed by atoms with E-state index < -0.39 is 0 Å². The Labute approximate surface area is 125 Å². The van der Waals surface area contributed by atoms with E-state index >= 15 is 0 Å². The lowest BCUT2D eigenvalue weighted by Crippen LogP contribution is -2.26. The molecule has 21 heavy (non-hydrogen) atoms. The van der Waals surface area contributed by atoms with Crippen LogP contribution in [0.25, 0.3) is 0 Å². The summed E-state index contributed by atoms with van der Waals surface area (Å²) in [6, 6.07) is 6.32. The van der Waals surface area contributed by atoms with Gasteiger partial charge in [0.1, 0.15) is 6.10 Å². The van der Waals surface area contributed by atoms with Crippen LogP contribution in [-0.4, -0.2) is 27.5 Å². The molecule has 0 bridgehead atoms. The Hall–Kier alpha value is -1.59. The number of rotatable bonds is 6. The van der Waals surface area contributed by atoms with Gasteiger partial charge in [-0.1, -0.05) is 0 Å². The second-order valence-corrected chi connectivity index (χ2v) is 5.65. The first-order valence-corrected chi connectivity index (χ1v) is 7.74. The van der Waals surface area contributed by atoms with E-state index in [9.17, 15) is 0 Å². The molecule has 2 aromatic heterocycles. The van der Waals surface area contributed by atoms with E-state index in [0.717, 1.165) is 32.7 Å². The maximum Gasteiger partial charge on any atom is 0.103 e. The van der Waals surface area contributed by atoms with Crippen molar-refractivity contribution in [1.29, 1.82) is 0 Å². The zero-order valence-electron chi connectivity index (χ0n) is 12.8. The summed E-state index contributed by atoms with van der Waals surface area (Å²) in [5.74, 6) is 0.521. The average Bonchev–Trinajstić information content (AvgIpc) is 3.19. The van der Waals surface area contributed by atoms with Gasteiger partial charge < -0.3 is 14.6 Å². The van der Waals surface area contributed by atoms with Crippen LogP contribution in [0.4, 0.5) is 0 Å². The van der Waals surface area contributed by atoms with Gasteiger partial charge >= 0.3 is 0 Å². The molecule has 2 atom stereocenters. The van der Waals surface area contributed by atoms with Gasteiger partial charge in [-0.15, -0.1) is 0 Å². The van der Waals surface area contributed by atoms with Crippen molar-refractivity contribution >= 4 is 0 Å². The molecule has 0 aliphatic carbocycles. The van der Waals surface area contributed by atoms with E-state index in [0.29, 0.717) is 5.92 Å². The van der Waals surface area contributed by atoms with Gasteiger partial charge in [-0.2, -0.15) is 5.10 Å². The molecule has 3 heterocycles. The highest BCUT2D eigenvalue weighted by molar-refractivity contribution is 5.09. The molecule has 1 fully saturated rings. The van der Waals surface area contributed by atoms with Gasteiger partial charge in [0.2, 0.25) is 0 Å². The van der Waals surface area contributed by atoms with Crippen molar-refractivity contribution in [1.82, 2.24) is 19.7 Å². The van der Waals surface area contributed by atoms with Gasteiger partial charge in [-0.3, -0.25) is 4.68 Å². The minimum Gasteiger partial charge on any atom is -0.372 e. The molecule has 0 radical (unpaired) electrons. The van der Waals surface area contributed by atoms with Crippen LogP contribution in [-0.2, 0) is 24.9 Å². The van der Waals surface area contributed by atoms with Crippen LogP contribution in [0, 0.1) is 5.92 Å². The Kier molecular flexibility index (Phi) is 4.41. The van der Waals surface area contributed by atoms with E-state index in [4.69, 9.17) is 4.74 Å². The molecule has 114 valence electrons. The van der Waals surface area contributed by atoms with Crippen molar-refractivity contribution in [2.45, 2.75) is 32.5 Å². The number of nitrogens with zero attached hydrogens (tertiary/aromatic N) is 3. The first-order valence-electron chi connectivity index (χ1n) is 7.74. The third-order valence-corrected chi connectivity index (χ3v) is 4.32.